The molecular weight excluding hydrogens is 664 g/mol. The third kappa shape index (κ3) is 17.2. The number of aliphatic hydroxyl groups is 4. The lowest BCUT2D eigenvalue weighted by atomic mass is 10.2. The van der Waals surface area contributed by atoms with Crippen molar-refractivity contribution in [3.63, 3.8) is 0 Å². The molecule has 19 heteroatoms. The Bertz CT molecular complexity index is 763. The number of nitrogens with zero attached hydrogens (tertiary/aromatic N) is 1. The van der Waals surface area contributed by atoms with E-state index in [9.17, 15) is 32.8 Å². The molecule has 15 nitrogen and oxygen atoms in total. The number of rotatable bonds is 17. The van der Waals surface area contributed by atoms with Gasteiger partial charge in [-0.15, -0.1) is 0 Å². The first kappa shape index (κ1) is 37.8. The van der Waals surface area contributed by atoms with E-state index in [2.05, 4.69) is 60.8 Å². The predicted molar refractivity (Wildman–Crippen MR) is 127 cm³/mol. The molecule has 0 rings (SSSR count). The van der Waals surface area contributed by atoms with E-state index in [0.717, 1.165) is 6.21 Å². The van der Waals surface area contributed by atoms with Crippen LogP contribution < -0.4 is 0 Å². The minimum atomic E-state index is -2.14. The minimum absolute atomic E-state index is 0.0859. The minimum Gasteiger partial charge on any atom is -0.463 e. The number of hydrogen-bond donors (Lipinski definition) is 4. The number of carbonyl (C=O) groups excluding carboxylic acids is 5. The maximum atomic E-state index is 13.8. The number of aliphatic hydroxyl groups excluding tert-OH is 4. The van der Waals surface area contributed by atoms with Crippen molar-refractivity contribution in [1.82, 2.24) is 0 Å². The van der Waals surface area contributed by atoms with Gasteiger partial charge < -0.3 is 44.2 Å². The highest BCUT2D eigenvalue weighted by Crippen LogP contribution is 2.17. The van der Waals surface area contributed by atoms with Crippen LogP contribution in [0.4, 0.5) is 8.78 Å². The lowest BCUT2D eigenvalue weighted by molar-refractivity contribution is -0.158. The summed E-state index contributed by atoms with van der Waals surface area (Å²) < 4.78 is 45.2. The Kier molecular flexibility index (Phi) is 22.5. The van der Waals surface area contributed by atoms with Crippen LogP contribution >= 0.6 is 31.9 Å². The molecular formula is C19H27Br2F2NO14. The maximum absolute atomic E-state index is 13.8. The second kappa shape index (κ2) is 22.6. The summed E-state index contributed by atoms with van der Waals surface area (Å²) in [5.74, 6) is -4.04. The zero-order valence-electron chi connectivity index (χ0n) is 19.7. The van der Waals surface area contributed by atoms with E-state index in [4.69, 9.17) is 20.4 Å². The average Bonchev–Trinajstić information content (AvgIpc) is 2.93. The molecule has 0 radical (unpaired) electrons. The van der Waals surface area contributed by atoms with Crippen molar-refractivity contribution in [3.8, 4) is 0 Å². The summed E-state index contributed by atoms with van der Waals surface area (Å²) in [6.45, 7) is -4.36. The number of carbonyl (C=O) groups is 5. The largest absolute Gasteiger partial charge is 0.463 e. The topological polar surface area (TPSA) is 225 Å². The molecule has 4 N–H and O–H groups in total. The molecule has 0 aromatic rings. The number of oxime groups is 1. The van der Waals surface area contributed by atoms with Crippen LogP contribution in [-0.2, 0) is 47.8 Å². The number of alkyl halides is 4. The summed E-state index contributed by atoms with van der Waals surface area (Å²) in [5.41, 5.74) is 0. The van der Waals surface area contributed by atoms with Crippen molar-refractivity contribution in [2.75, 3.05) is 46.8 Å². The fraction of sp³-hybridized carbons (Fsp3) is 0.684. The summed E-state index contributed by atoms with van der Waals surface area (Å²) in [5, 5.41) is 37.1. The van der Waals surface area contributed by atoms with Gasteiger partial charge in [-0.2, -0.15) is 0 Å². The highest BCUT2D eigenvalue weighted by atomic mass is 79.9. The lowest BCUT2D eigenvalue weighted by Crippen LogP contribution is -2.40. The van der Waals surface area contributed by atoms with Gasteiger partial charge in [-0.1, -0.05) is 37.0 Å². The molecule has 0 amide bonds. The number of aldehydes is 1. The number of hydrogen-bond acceptors (Lipinski definition) is 15. The average molecular weight is 691 g/mol. The Hall–Kier alpha value is -2.32. The van der Waals surface area contributed by atoms with Crippen molar-refractivity contribution in [2.24, 2.45) is 5.16 Å². The Balaban J connectivity index is 0. The molecule has 0 bridgehead atoms. The van der Waals surface area contributed by atoms with E-state index >= 15 is 0 Å². The Morgan fingerprint density at radius 1 is 0.763 bits per heavy atom. The predicted octanol–water partition coefficient (Wildman–Crippen LogP) is -2.11. The number of ether oxygens (including phenoxy) is 4. The number of halogens is 4. The van der Waals surface area contributed by atoms with E-state index in [1.807, 2.05) is 0 Å². The molecule has 0 fully saturated rings. The van der Waals surface area contributed by atoms with Gasteiger partial charge in [-0.05, 0) is 0 Å². The van der Waals surface area contributed by atoms with Crippen LogP contribution in [0.15, 0.2) is 5.16 Å². The number of esters is 4. The third-order valence-corrected chi connectivity index (χ3v) is 5.21. The van der Waals surface area contributed by atoms with Crippen LogP contribution in [-0.4, -0.2) is 138 Å². The molecule has 220 valence electrons. The summed E-state index contributed by atoms with van der Waals surface area (Å²) in [4.78, 5) is 56.0. The molecule has 0 heterocycles. The van der Waals surface area contributed by atoms with Gasteiger partial charge in [0, 0.05) is 0 Å². The SMILES string of the molecule is CON=C[C@@H](F)[C@H](OC(=O)CO)[C@@H](Br)COC(=O)CO.O=C[C@@H](F)[C@H](OC(=O)CO)[C@@H](Br)COC(=O)CO. The molecule has 0 aliphatic carbocycles. The highest BCUT2D eigenvalue weighted by Gasteiger charge is 2.33. The van der Waals surface area contributed by atoms with Crippen molar-refractivity contribution in [3.05, 3.63) is 0 Å². The first-order chi connectivity index (χ1) is 17.9. The summed E-state index contributed by atoms with van der Waals surface area (Å²) >= 11 is 5.88. The van der Waals surface area contributed by atoms with Gasteiger partial charge in [0.05, 0.1) is 15.9 Å². The first-order valence-electron chi connectivity index (χ1n) is 10.1. The molecule has 0 aromatic heterocycles. The molecule has 38 heavy (non-hydrogen) atoms. The molecule has 6 atom stereocenters. The molecule has 0 spiro atoms. The van der Waals surface area contributed by atoms with Crippen LogP contribution in [0.3, 0.4) is 0 Å². The Labute approximate surface area is 231 Å². The van der Waals surface area contributed by atoms with Crippen LogP contribution in [0.5, 0.6) is 0 Å². The Morgan fingerprint density at radius 3 is 1.45 bits per heavy atom. The van der Waals surface area contributed by atoms with Gasteiger partial charge in [0.2, 0.25) is 0 Å². The van der Waals surface area contributed by atoms with Gasteiger partial charge in [0.1, 0.15) is 46.8 Å². The van der Waals surface area contributed by atoms with Crippen LogP contribution in [0, 0.1) is 0 Å². The van der Waals surface area contributed by atoms with E-state index in [0.29, 0.717) is 0 Å². The summed E-state index contributed by atoms with van der Waals surface area (Å²) in [6, 6.07) is 0. The summed E-state index contributed by atoms with van der Waals surface area (Å²) in [6.07, 6.45) is -6.29. The van der Waals surface area contributed by atoms with Crippen LogP contribution in [0.1, 0.15) is 0 Å². The third-order valence-electron chi connectivity index (χ3n) is 3.64. The van der Waals surface area contributed by atoms with Gasteiger partial charge in [0.15, 0.2) is 30.8 Å². The van der Waals surface area contributed by atoms with Gasteiger partial charge >= 0.3 is 23.9 Å². The molecule has 0 aliphatic rings. The Morgan fingerprint density at radius 2 is 1.13 bits per heavy atom. The van der Waals surface area contributed by atoms with Crippen LogP contribution in [0.25, 0.3) is 0 Å². The molecule has 0 saturated heterocycles. The van der Waals surface area contributed by atoms with Crippen molar-refractivity contribution in [1.29, 1.82) is 0 Å². The molecule has 0 aromatic carbocycles. The quantitative estimate of drug-likeness (QED) is 0.0320. The zero-order valence-corrected chi connectivity index (χ0v) is 22.9. The smallest absolute Gasteiger partial charge is 0.332 e. The van der Waals surface area contributed by atoms with E-state index in [1.54, 1.807) is 0 Å². The fourth-order valence-electron chi connectivity index (χ4n) is 1.96. The first-order valence-corrected chi connectivity index (χ1v) is 12.0. The van der Waals surface area contributed by atoms with E-state index in [1.165, 1.54) is 7.11 Å². The molecule has 0 aliphatic heterocycles. The normalized spacial score (nSPS) is 15.4. The van der Waals surface area contributed by atoms with Crippen molar-refractivity contribution in [2.45, 2.75) is 34.2 Å². The zero-order chi connectivity index (χ0) is 29.7. The molecule has 0 unspecified atom stereocenters. The van der Waals surface area contributed by atoms with E-state index in [-0.39, 0.29) is 12.9 Å². The monoisotopic (exact) mass is 689 g/mol. The second-order valence-corrected chi connectivity index (χ2v) is 8.75. The van der Waals surface area contributed by atoms with Gasteiger partial charge in [0.25, 0.3) is 0 Å². The standard InChI is InChI=1S/C10H15BrFNO7.C9H12BrFO7/c1-18-13-2-7(12)10(20-9(17)4-15)6(11)5-19-8(16)3-14;10-5(4-17-7(15)2-13)9(6(11)1-12)18-8(16)3-14/h2,6-7,10,14-15H,3-5H2,1H3;1,5-6,9,13-14H,2-4H2/t6-,7+,10+;5-,6+,9+/m00/s1. The lowest BCUT2D eigenvalue weighted by Gasteiger charge is -2.23. The van der Waals surface area contributed by atoms with E-state index < -0.39 is 91.1 Å². The molecule has 0 saturated carbocycles. The fourth-order valence-corrected chi connectivity index (χ4v) is 3.03. The maximum Gasteiger partial charge on any atom is 0.332 e. The summed E-state index contributed by atoms with van der Waals surface area (Å²) in [7, 11) is 1.20. The van der Waals surface area contributed by atoms with Gasteiger partial charge in [-0.3, -0.25) is 4.79 Å². The van der Waals surface area contributed by atoms with Gasteiger partial charge in [-0.25, -0.2) is 28.0 Å². The van der Waals surface area contributed by atoms with Crippen molar-refractivity contribution < 1.29 is 77.0 Å². The second-order valence-electron chi connectivity index (χ2n) is 6.40. The highest BCUT2D eigenvalue weighted by molar-refractivity contribution is 9.09. The van der Waals surface area contributed by atoms with Crippen LogP contribution in [0.2, 0.25) is 0 Å². The van der Waals surface area contributed by atoms with Crippen molar-refractivity contribution >= 4 is 68.2 Å².